The van der Waals surface area contributed by atoms with Crippen molar-refractivity contribution < 1.29 is 4.79 Å². The number of nitrogens with one attached hydrogen (secondary N) is 1. The summed E-state index contributed by atoms with van der Waals surface area (Å²) in [6.07, 6.45) is 2.22. The zero-order chi connectivity index (χ0) is 12.3. The molecule has 2 rings (SSSR count). The number of H-pyrrole nitrogens is 1. The first-order valence-corrected chi connectivity index (χ1v) is 5.80. The van der Waals surface area contributed by atoms with Gasteiger partial charge in [0.1, 0.15) is 5.03 Å². The maximum Gasteiger partial charge on any atom is 0.343 e. The van der Waals surface area contributed by atoms with Gasteiger partial charge in [0.05, 0.1) is 0 Å². The lowest BCUT2D eigenvalue weighted by molar-refractivity contribution is 0.112. The molecule has 0 amide bonds. The Labute approximate surface area is 101 Å². The number of carbonyl (C=O) groups is 1. The van der Waals surface area contributed by atoms with Gasteiger partial charge in [-0.2, -0.15) is 0 Å². The molecule has 0 spiro atoms. The normalized spacial score (nSPS) is 10.4. The topological polar surface area (TPSA) is 80.6 Å². The summed E-state index contributed by atoms with van der Waals surface area (Å²) >= 11 is 1.27. The van der Waals surface area contributed by atoms with Crippen molar-refractivity contribution in [1.29, 1.82) is 0 Å². The zero-order valence-corrected chi connectivity index (χ0v) is 9.90. The van der Waals surface area contributed by atoms with Crippen molar-refractivity contribution in [2.24, 2.45) is 0 Å². The van der Waals surface area contributed by atoms with E-state index in [-0.39, 0.29) is 5.69 Å². The number of aromatic nitrogens is 4. The van der Waals surface area contributed by atoms with E-state index in [4.69, 9.17) is 0 Å². The van der Waals surface area contributed by atoms with Gasteiger partial charge in [-0.1, -0.05) is 0 Å². The maximum atomic E-state index is 11.3. The molecule has 7 heteroatoms. The predicted molar refractivity (Wildman–Crippen MR) is 62.3 cm³/mol. The lowest BCUT2D eigenvalue weighted by atomic mass is 10.3. The van der Waals surface area contributed by atoms with E-state index in [1.807, 2.05) is 6.92 Å². The summed E-state index contributed by atoms with van der Waals surface area (Å²) in [4.78, 5) is 25.9. The molecule has 2 aromatic rings. The second-order valence-corrected chi connectivity index (χ2v) is 4.19. The van der Waals surface area contributed by atoms with Crippen molar-refractivity contribution in [3.05, 3.63) is 34.4 Å². The standard InChI is InChI=1S/C10H10N4O2S/c1-2-14-9(16)12-13-10(14)17-8-4-3-7(6-15)5-11-8/h3-6H,2H2,1H3,(H,12,16). The lowest BCUT2D eigenvalue weighted by Crippen LogP contribution is -2.16. The maximum absolute atomic E-state index is 11.3. The minimum absolute atomic E-state index is 0.237. The Kier molecular flexibility index (Phi) is 3.38. The first-order chi connectivity index (χ1) is 8.24. The van der Waals surface area contributed by atoms with Crippen molar-refractivity contribution in [2.75, 3.05) is 0 Å². The summed E-state index contributed by atoms with van der Waals surface area (Å²) < 4.78 is 1.51. The molecule has 0 aliphatic heterocycles. The molecule has 0 saturated heterocycles. The van der Waals surface area contributed by atoms with Crippen LogP contribution in [0.1, 0.15) is 17.3 Å². The van der Waals surface area contributed by atoms with Crippen LogP contribution in [0.4, 0.5) is 0 Å². The monoisotopic (exact) mass is 250 g/mol. The van der Waals surface area contributed by atoms with Crippen LogP contribution >= 0.6 is 11.8 Å². The molecule has 0 atom stereocenters. The fourth-order valence-corrected chi connectivity index (χ4v) is 2.12. The number of pyridine rings is 1. The number of carbonyl (C=O) groups excluding carboxylic acids is 1. The van der Waals surface area contributed by atoms with Crippen LogP contribution in [0.3, 0.4) is 0 Å². The van der Waals surface area contributed by atoms with E-state index in [0.717, 1.165) is 6.29 Å². The summed E-state index contributed by atoms with van der Waals surface area (Å²) in [5.41, 5.74) is 0.281. The van der Waals surface area contributed by atoms with Crippen LogP contribution in [0.15, 0.2) is 33.3 Å². The summed E-state index contributed by atoms with van der Waals surface area (Å²) in [7, 11) is 0. The zero-order valence-electron chi connectivity index (χ0n) is 9.08. The third kappa shape index (κ3) is 2.44. The van der Waals surface area contributed by atoms with Crippen molar-refractivity contribution in [3.8, 4) is 0 Å². The Morgan fingerprint density at radius 2 is 2.35 bits per heavy atom. The Balaban J connectivity index is 2.24. The highest BCUT2D eigenvalue weighted by Crippen LogP contribution is 2.22. The summed E-state index contributed by atoms with van der Waals surface area (Å²) in [6, 6.07) is 3.39. The predicted octanol–water partition coefficient (Wildman–Crippen LogP) is 0.950. The van der Waals surface area contributed by atoms with Gasteiger partial charge in [0.2, 0.25) is 0 Å². The first-order valence-electron chi connectivity index (χ1n) is 4.99. The van der Waals surface area contributed by atoms with E-state index in [0.29, 0.717) is 22.3 Å². The van der Waals surface area contributed by atoms with E-state index in [1.165, 1.54) is 22.5 Å². The Bertz CT molecular complexity index is 573. The molecular weight excluding hydrogens is 240 g/mol. The Morgan fingerprint density at radius 3 is 2.94 bits per heavy atom. The van der Waals surface area contributed by atoms with Gasteiger partial charge in [0.25, 0.3) is 0 Å². The van der Waals surface area contributed by atoms with E-state index >= 15 is 0 Å². The minimum atomic E-state index is -0.237. The van der Waals surface area contributed by atoms with Crippen molar-refractivity contribution in [3.63, 3.8) is 0 Å². The van der Waals surface area contributed by atoms with Gasteiger partial charge in [0, 0.05) is 18.3 Å². The SMILES string of the molecule is CCn1c(Sc2ccc(C=O)cn2)n[nH]c1=O. The van der Waals surface area contributed by atoms with Gasteiger partial charge in [-0.25, -0.2) is 14.9 Å². The molecule has 1 N–H and O–H groups in total. The Hall–Kier alpha value is -1.89. The van der Waals surface area contributed by atoms with Gasteiger partial charge < -0.3 is 0 Å². The van der Waals surface area contributed by atoms with E-state index in [2.05, 4.69) is 15.2 Å². The van der Waals surface area contributed by atoms with Crippen LogP contribution in [0.2, 0.25) is 0 Å². The molecule has 2 heterocycles. The average Bonchev–Trinajstić information content (AvgIpc) is 2.71. The third-order valence-electron chi connectivity index (χ3n) is 2.13. The van der Waals surface area contributed by atoms with Crippen molar-refractivity contribution in [1.82, 2.24) is 19.7 Å². The van der Waals surface area contributed by atoms with Crippen LogP contribution < -0.4 is 5.69 Å². The molecule has 0 aliphatic rings. The molecule has 88 valence electrons. The highest BCUT2D eigenvalue weighted by Gasteiger charge is 2.08. The van der Waals surface area contributed by atoms with Crippen LogP contribution in [-0.4, -0.2) is 26.0 Å². The van der Waals surface area contributed by atoms with Crippen LogP contribution in [0.5, 0.6) is 0 Å². The number of aldehydes is 1. The molecule has 0 aliphatic carbocycles. The number of nitrogens with zero attached hydrogens (tertiary/aromatic N) is 3. The van der Waals surface area contributed by atoms with Crippen LogP contribution in [0.25, 0.3) is 0 Å². The average molecular weight is 250 g/mol. The Morgan fingerprint density at radius 1 is 1.53 bits per heavy atom. The number of hydrogen-bond donors (Lipinski definition) is 1. The van der Waals surface area contributed by atoms with Crippen molar-refractivity contribution >= 4 is 18.0 Å². The van der Waals surface area contributed by atoms with Gasteiger partial charge in [0.15, 0.2) is 11.4 Å². The molecule has 0 bridgehead atoms. The molecule has 0 fully saturated rings. The largest absolute Gasteiger partial charge is 0.343 e. The number of rotatable bonds is 4. The van der Waals surface area contributed by atoms with Crippen LogP contribution in [-0.2, 0) is 6.54 Å². The molecule has 2 aromatic heterocycles. The third-order valence-corrected chi connectivity index (χ3v) is 3.08. The summed E-state index contributed by atoms with van der Waals surface area (Å²) in [5, 5.41) is 7.53. The van der Waals surface area contributed by atoms with Crippen LogP contribution in [0, 0.1) is 0 Å². The molecule has 0 radical (unpaired) electrons. The molecular formula is C10H10N4O2S. The molecule has 0 saturated carbocycles. The number of aromatic amines is 1. The quantitative estimate of drug-likeness (QED) is 0.817. The van der Waals surface area contributed by atoms with Gasteiger partial charge in [-0.15, -0.1) is 5.10 Å². The first kappa shape index (κ1) is 11.6. The highest BCUT2D eigenvalue weighted by molar-refractivity contribution is 7.99. The summed E-state index contributed by atoms with van der Waals surface area (Å²) in [6.45, 7) is 2.41. The number of hydrogen-bond acceptors (Lipinski definition) is 5. The lowest BCUT2D eigenvalue weighted by Gasteiger charge is -2.01. The minimum Gasteiger partial charge on any atom is -0.298 e. The van der Waals surface area contributed by atoms with E-state index in [1.54, 1.807) is 12.1 Å². The molecule has 0 unspecified atom stereocenters. The van der Waals surface area contributed by atoms with E-state index < -0.39 is 0 Å². The van der Waals surface area contributed by atoms with Crippen molar-refractivity contribution in [2.45, 2.75) is 23.7 Å². The second-order valence-electron chi connectivity index (χ2n) is 3.21. The summed E-state index contributed by atoms with van der Waals surface area (Å²) in [5.74, 6) is 0. The fourth-order valence-electron chi connectivity index (χ4n) is 1.28. The smallest absolute Gasteiger partial charge is 0.298 e. The van der Waals surface area contributed by atoms with Gasteiger partial charge >= 0.3 is 5.69 Å². The van der Waals surface area contributed by atoms with E-state index in [9.17, 15) is 9.59 Å². The van der Waals surface area contributed by atoms with Gasteiger partial charge in [-0.3, -0.25) is 9.36 Å². The highest BCUT2D eigenvalue weighted by atomic mass is 32.2. The fraction of sp³-hybridized carbons (Fsp3) is 0.200. The van der Waals surface area contributed by atoms with Gasteiger partial charge in [-0.05, 0) is 30.8 Å². The molecule has 0 aromatic carbocycles. The second kappa shape index (κ2) is 4.96. The molecule has 17 heavy (non-hydrogen) atoms. The molecule has 6 nitrogen and oxygen atoms in total.